The summed E-state index contributed by atoms with van der Waals surface area (Å²) < 4.78 is 5.22. The summed E-state index contributed by atoms with van der Waals surface area (Å²) >= 11 is 1.35. The molecule has 1 aromatic heterocycles. The van der Waals surface area contributed by atoms with Gasteiger partial charge in [-0.1, -0.05) is 23.8 Å². The third kappa shape index (κ3) is 4.42. The number of nitrogens with zero attached hydrogens (tertiary/aromatic N) is 1. The Hall–Kier alpha value is -2.67. The predicted molar refractivity (Wildman–Crippen MR) is 109 cm³/mol. The number of rotatable bonds is 5. The molecule has 1 aromatic carbocycles. The number of likely N-dealkylation sites (tertiary alicyclic amines) is 1. The molecule has 0 spiro atoms. The molecule has 28 heavy (non-hydrogen) atoms. The van der Waals surface area contributed by atoms with Crippen molar-refractivity contribution in [2.24, 2.45) is 0 Å². The lowest BCUT2D eigenvalue weighted by Gasteiger charge is -2.22. The van der Waals surface area contributed by atoms with E-state index in [1.165, 1.54) is 11.3 Å². The molecule has 1 aliphatic rings. The van der Waals surface area contributed by atoms with Gasteiger partial charge in [0.05, 0.1) is 4.88 Å². The minimum atomic E-state index is -0.634. The third-order valence-electron chi connectivity index (χ3n) is 4.80. The van der Waals surface area contributed by atoms with Gasteiger partial charge in [-0.2, -0.15) is 0 Å². The SMILES string of the molecule is Cc1cc(C)c(NC(=O)COC(=O)[C@@H]2CCCN2C(=O)c2cccs2)c(C)c1. The molecule has 2 heterocycles. The highest BCUT2D eigenvalue weighted by Gasteiger charge is 2.36. The molecular formula is C21H24N2O4S. The van der Waals surface area contributed by atoms with Crippen LogP contribution in [0.4, 0.5) is 5.69 Å². The number of carbonyl (C=O) groups excluding carboxylic acids is 3. The van der Waals surface area contributed by atoms with Gasteiger partial charge in [0, 0.05) is 12.2 Å². The van der Waals surface area contributed by atoms with Crippen LogP contribution in [0.25, 0.3) is 0 Å². The van der Waals surface area contributed by atoms with E-state index >= 15 is 0 Å². The first-order chi connectivity index (χ1) is 13.4. The van der Waals surface area contributed by atoms with E-state index in [-0.39, 0.29) is 12.5 Å². The average Bonchev–Trinajstić information content (AvgIpc) is 3.33. The quantitative estimate of drug-likeness (QED) is 0.780. The van der Waals surface area contributed by atoms with Gasteiger partial charge < -0.3 is 15.0 Å². The monoisotopic (exact) mass is 400 g/mol. The van der Waals surface area contributed by atoms with Crippen molar-refractivity contribution < 1.29 is 19.1 Å². The molecule has 0 unspecified atom stereocenters. The first-order valence-corrected chi connectivity index (χ1v) is 10.1. The number of amides is 2. The van der Waals surface area contributed by atoms with Gasteiger partial charge in [0.1, 0.15) is 6.04 Å². The van der Waals surface area contributed by atoms with Crippen molar-refractivity contribution in [3.63, 3.8) is 0 Å². The molecule has 1 N–H and O–H groups in total. The fourth-order valence-electron chi connectivity index (χ4n) is 3.58. The maximum Gasteiger partial charge on any atom is 0.329 e. The van der Waals surface area contributed by atoms with Crippen LogP contribution in [0, 0.1) is 20.8 Å². The Morgan fingerprint density at radius 3 is 2.57 bits per heavy atom. The van der Waals surface area contributed by atoms with Gasteiger partial charge in [-0.15, -0.1) is 11.3 Å². The molecule has 1 aliphatic heterocycles. The molecule has 148 valence electrons. The number of thiophene rings is 1. The summed E-state index contributed by atoms with van der Waals surface area (Å²) in [5, 5.41) is 4.64. The number of hydrogen-bond acceptors (Lipinski definition) is 5. The molecule has 1 saturated heterocycles. The van der Waals surface area contributed by atoms with Crippen molar-refractivity contribution in [3.8, 4) is 0 Å². The van der Waals surface area contributed by atoms with E-state index in [4.69, 9.17) is 4.74 Å². The lowest BCUT2D eigenvalue weighted by molar-refractivity contribution is -0.151. The molecule has 0 bridgehead atoms. The Morgan fingerprint density at radius 2 is 1.93 bits per heavy atom. The molecular weight excluding hydrogens is 376 g/mol. The molecule has 2 amide bonds. The summed E-state index contributed by atoms with van der Waals surface area (Å²) in [6, 6.07) is 6.89. The highest BCUT2D eigenvalue weighted by atomic mass is 32.1. The van der Waals surface area contributed by atoms with Crippen LogP contribution in [0.5, 0.6) is 0 Å². The van der Waals surface area contributed by atoms with Gasteiger partial charge in [0.2, 0.25) is 0 Å². The highest BCUT2D eigenvalue weighted by molar-refractivity contribution is 7.12. The van der Waals surface area contributed by atoms with Crippen LogP contribution >= 0.6 is 11.3 Å². The number of esters is 1. The number of ether oxygens (including phenoxy) is 1. The highest BCUT2D eigenvalue weighted by Crippen LogP contribution is 2.24. The maximum absolute atomic E-state index is 12.6. The summed E-state index contributed by atoms with van der Waals surface area (Å²) in [5.74, 6) is -1.09. The van der Waals surface area contributed by atoms with Gasteiger partial charge in [-0.25, -0.2) is 4.79 Å². The number of nitrogens with one attached hydrogen (secondary N) is 1. The maximum atomic E-state index is 12.6. The molecule has 6 nitrogen and oxygen atoms in total. The Morgan fingerprint density at radius 1 is 1.21 bits per heavy atom. The van der Waals surface area contributed by atoms with Crippen molar-refractivity contribution in [3.05, 3.63) is 51.2 Å². The van der Waals surface area contributed by atoms with Crippen LogP contribution < -0.4 is 5.32 Å². The summed E-state index contributed by atoms with van der Waals surface area (Å²) in [5.41, 5.74) is 3.78. The van der Waals surface area contributed by atoms with Crippen LogP contribution in [0.3, 0.4) is 0 Å². The summed E-state index contributed by atoms with van der Waals surface area (Å²) in [6.45, 7) is 5.99. The summed E-state index contributed by atoms with van der Waals surface area (Å²) in [7, 11) is 0. The lowest BCUT2D eigenvalue weighted by atomic mass is 10.1. The number of carbonyl (C=O) groups is 3. The van der Waals surface area contributed by atoms with Gasteiger partial charge in [0.25, 0.3) is 11.8 Å². The smallest absolute Gasteiger partial charge is 0.329 e. The predicted octanol–water partition coefficient (Wildman–Crippen LogP) is 3.46. The lowest BCUT2D eigenvalue weighted by Crippen LogP contribution is -2.41. The summed E-state index contributed by atoms with van der Waals surface area (Å²) in [6.07, 6.45) is 1.29. The van der Waals surface area contributed by atoms with Gasteiger partial charge in [-0.05, 0) is 56.2 Å². The molecule has 0 radical (unpaired) electrons. The van der Waals surface area contributed by atoms with Crippen LogP contribution in [0.1, 0.15) is 39.2 Å². The Bertz CT molecular complexity index is 869. The van der Waals surface area contributed by atoms with Crippen molar-refractivity contribution in [2.75, 3.05) is 18.5 Å². The number of anilines is 1. The van der Waals surface area contributed by atoms with Crippen molar-refractivity contribution >= 4 is 34.8 Å². The molecule has 3 rings (SSSR count). The molecule has 0 saturated carbocycles. The number of benzene rings is 1. The molecule has 7 heteroatoms. The van der Waals surface area contributed by atoms with E-state index in [0.717, 1.165) is 28.8 Å². The van der Waals surface area contributed by atoms with E-state index in [9.17, 15) is 14.4 Å². The minimum Gasteiger partial charge on any atom is -0.454 e. The van der Waals surface area contributed by atoms with Gasteiger partial charge in [0.15, 0.2) is 6.61 Å². The zero-order valence-electron chi connectivity index (χ0n) is 16.3. The van der Waals surface area contributed by atoms with Crippen LogP contribution in [0.15, 0.2) is 29.6 Å². The third-order valence-corrected chi connectivity index (χ3v) is 5.66. The number of hydrogen-bond donors (Lipinski definition) is 1. The van der Waals surface area contributed by atoms with E-state index in [1.807, 2.05) is 38.3 Å². The molecule has 0 aliphatic carbocycles. The fraction of sp³-hybridized carbons (Fsp3) is 0.381. The van der Waals surface area contributed by atoms with Crippen molar-refractivity contribution in [1.29, 1.82) is 0 Å². The largest absolute Gasteiger partial charge is 0.454 e. The van der Waals surface area contributed by atoms with Crippen LogP contribution in [-0.2, 0) is 14.3 Å². The molecule has 1 atom stereocenters. The van der Waals surface area contributed by atoms with Crippen molar-refractivity contribution in [2.45, 2.75) is 39.7 Å². The van der Waals surface area contributed by atoms with E-state index in [0.29, 0.717) is 17.8 Å². The Balaban J connectivity index is 1.57. The summed E-state index contributed by atoms with van der Waals surface area (Å²) in [4.78, 5) is 39.4. The van der Waals surface area contributed by atoms with E-state index in [2.05, 4.69) is 5.32 Å². The van der Waals surface area contributed by atoms with Gasteiger partial charge in [-0.3, -0.25) is 9.59 Å². The average molecular weight is 401 g/mol. The number of aryl methyl sites for hydroxylation is 3. The molecule has 1 fully saturated rings. The zero-order valence-corrected chi connectivity index (χ0v) is 17.1. The minimum absolute atomic E-state index is 0.162. The Labute approximate surface area is 168 Å². The second-order valence-corrected chi connectivity index (χ2v) is 8.01. The second-order valence-electron chi connectivity index (χ2n) is 7.06. The zero-order chi connectivity index (χ0) is 20.3. The van der Waals surface area contributed by atoms with E-state index < -0.39 is 17.9 Å². The van der Waals surface area contributed by atoms with Crippen molar-refractivity contribution in [1.82, 2.24) is 4.90 Å². The standard InChI is InChI=1S/C21H24N2O4S/c1-13-10-14(2)19(15(3)11-13)22-18(24)12-27-21(26)16-6-4-8-23(16)20(25)17-7-5-9-28-17/h5,7,9-11,16H,4,6,8,12H2,1-3H3,(H,22,24)/t16-/m0/s1. The van der Waals surface area contributed by atoms with Crippen LogP contribution in [0.2, 0.25) is 0 Å². The second kappa shape index (κ2) is 8.56. The van der Waals surface area contributed by atoms with E-state index in [1.54, 1.807) is 17.0 Å². The fourth-order valence-corrected chi connectivity index (χ4v) is 4.26. The van der Waals surface area contributed by atoms with Gasteiger partial charge >= 0.3 is 5.97 Å². The topological polar surface area (TPSA) is 75.7 Å². The Kier molecular flexibility index (Phi) is 6.14. The molecule has 2 aromatic rings. The first-order valence-electron chi connectivity index (χ1n) is 9.25. The first kappa shape index (κ1) is 20.1. The normalized spacial score (nSPS) is 16.1. The van der Waals surface area contributed by atoms with Crippen LogP contribution in [-0.4, -0.2) is 41.9 Å².